The van der Waals surface area contributed by atoms with Gasteiger partial charge in [0.05, 0.1) is 0 Å². The van der Waals surface area contributed by atoms with Crippen LogP contribution in [0.2, 0.25) is 0 Å². The van der Waals surface area contributed by atoms with Gasteiger partial charge in [-0.05, 0) is 82.8 Å². The highest BCUT2D eigenvalue weighted by Gasteiger charge is 2.31. The molecule has 3 rings (SSSR count). The van der Waals surface area contributed by atoms with Crippen molar-refractivity contribution in [2.75, 3.05) is 19.6 Å². The number of likely N-dealkylation sites (tertiary alicyclic amines) is 1. The fourth-order valence-electron chi connectivity index (χ4n) is 4.41. The Morgan fingerprint density at radius 3 is 2.22 bits per heavy atom. The zero-order valence-corrected chi connectivity index (χ0v) is 12.0. The number of hydrogen-bond acceptors (Lipinski definition) is 2. The van der Waals surface area contributed by atoms with Crippen molar-refractivity contribution in [1.29, 1.82) is 0 Å². The first-order chi connectivity index (χ1) is 8.83. The lowest BCUT2D eigenvalue weighted by molar-refractivity contribution is 0.0881. The lowest BCUT2D eigenvalue weighted by Gasteiger charge is -2.41. The second-order valence-corrected chi connectivity index (χ2v) is 6.99. The summed E-state index contributed by atoms with van der Waals surface area (Å²) in [7, 11) is 0. The molecule has 1 aliphatic carbocycles. The Labute approximate surface area is 113 Å². The van der Waals surface area contributed by atoms with Gasteiger partial charge in [-0.3, -0.25) is 0 Å². The molecule has 0 aromatic carbocycles. The van der Waals surface area contributed by atoms with Crippen LogP contribution in [0.4, 0.5) is 0 Å². The van der Waals surface area contributed by atoms with E-state index in [0.29, 0.717) is 0 Å². The number of nitrogens with one attached hydrogen (secondary N) is 1. The van der Waals surface area contributed by atoms with E-state index >= 15 is 0 Å². The molecule has 2 aliphatic heterocycles. The second-order valence-electron chi connectivity index (χ2n) is 6.99. The van der Waals surface area contributed by atoms with Gasteiger partial charge in [0, 0.05) is 12.1 Å². The third-order valence-electron chi connectivity index (χ3n) is 5.74. The van der Waals surface area contributed by atoms with E-state index in [2.05, 4.69) is 17.1 Å². The molecule has 0 aromatic rings. The minimum Gasteiger partial charge on any atom is -0.314 e. The summed E-state index contributed by atoms with van der Waals surface area (Å²) >= 11 is 0. The molecule has 0 bridgehead atoms. The highest BCUT2D eigenvalue weighted by molar-refractivity contribution is 4.88. The summed E-state index contributed by atoms with van der Waals surface area (Å²) in [4.78, 5) is 2.82. The lowest BCUT2D eigenvalue weighted by atomic mass is 9.83. The van der Waals surface area contributed by atoms with E-state index in [0.717, 1.165) is 23.9 Å². The normalized spacial score (nSPS) is 40.2. The molecule has 1 unspecified atom stereocenters. The van der Waals surface area contributed by atoms with Crippen LogP contribution < -0.4 is 5.32 Å². The molecule has 1 atom stereocenters. The molecule has 3 aliphatic rings. The van der Waals surface area contributed by atoms with E-state index in [9.17, 15) is 0 Å². The van der Waals surface area contributed by atoms with Gasteiger partial charge in [-0.2, -0.15) is 0 Å². The van der Waals surface area contributed by atoms with Crippen LogP contribution in [0.3, 0.4) is 0 Å². The van der Waals surface area contributed by atoms with E-state index in [1.54, 1.807) is 0 Å². The molecule has 1 N–H and O–H groups in total. The molecule has 3 fully saturated rings. The lowest BCUT2D eigenvalue weighted by Crippen LogP contribution is -2.46. The molecule has 2 heterocycles. The van der Waals surface area contributed by atoms with E-state index in [1.165, 1.54) is 71.0 Å². The third kappa shape index (κ3) is 2.91. The van der Waals surface area contributed by atoms with Gasteiger partial charge in [-0.1, -0.05) is 6.92 Å². The van der Waals surface area contributed by atoms with E-state index in [1.807, 2.05) is 0 Å². The summed E-state index contributed by atoms with van der Waals surface area (Å²) in [6.45, 7) is 6.45. The van der Waals surface area contributed by atoms with Crippen molar-refractivity contribution in [3.8, 4) is 0 Å². The average molecular weight is 250 g/mol. The van der Waals surface area contributed by atoms with Crippen molar-refractivity contribution in [3.05, 3.63) is 0 Å². The molecule has 104 valence electrons. The Morgan fingerprint density at radius 1 is 0.889 bits per heavy atom. The molecule has 1 saturated carbocycles. The summed E-state index contributed by atoms with van der Waals surface area (Å²) in [6, 6.07) is 1.79. The Morgan fingerprint density at radius 2 is 1.61 bits per heavy atom. The van der Waals surface area contributed by atoms with Gasteiger partial charge in [0.1, 0.15) is 0 Å². The molecule has 2 nitrogen and oxygen atoms in total. The van der Waals surface area contributed by atoms with Gasteiger partial charge in [0.2, 0.25) is 0 Å². The van der Waals surface area contributed by atoms with Gasteiger partial charge in [-0.25, -0.2) is 0 Å². The maximum atomic E-state index is 3.71. The van der Waals surface area contributed by atoms with Crippen LogP contribution in [-0.4, -0.2) is 36.6 Å². The first kappa shape index (κ1) is 12.9. The molecule has 0 amide bonds. The Kier molecular flexibility index (Phi) is 4.25. The summed E-state index contributed by atoms with van der Waals surface area (Å²) in [5.74, 6) is 1.97. The quantitative estimate of drug-likeness (QED) is 0.810. The molecular weight excluding hydrogens is 220 g/mol. The number of hydrogen-bond donors (Lipinski definition) is 1. The van der Waals surface area contributed by atoms with Crippen LogP contribution in [0.25, 0.3) is 0 Å². The van der Waals surface area contributed by atoms with E-state index in [-0.39, 0.29) is 0 Å². The molecular formula is C16H30N2. The minimum atomic E-state index is 0.860. The SMILES string of the molecule is CC1CCC(N2CCC(C3CCCN3)CC2)CC1. The standard InChI is InChI=1S/C16H30N2/c1-13-4-6-15(7-5-13)18-11-8-14(9-12-18)16-3-2-10-17-16/h13-17H,2-12H2,1H3. The highest BCUT2D eigenvalue weighted by Crippen LogP contribution is 2.31. The van der Waals surface area contributed by atoms with Crippen molar-refractivity contribution in [2.24, 2.45) is 11.8 Å². The van der Waals surface area contributed by atoms with Gasteiger partial charge < -0.3 is 10.2 Å². The predicted octanol–water partition coefficient (Wildman–Crippen LogP) is 3.03. The molecule has 0 radical (unpaired) electrons. The molecule has 18 heavy (non-hydrogen) atoms. The van der Waals surface area contributed by atoms with Crippen LogP contribution in [0, 0.1) is 11.8 Å². The van der Waals surface area contributed by atoms with Crippen molar-refractivity contribution in [1.82, 2.24) is 10.2 Å². The molecule has 2 heteroatoms. The Bertz CT molecular complexity index is 244. The Hall–Kier alpha value is -0.0800. The van der Waals surface area contributed by atoms with Crippen molar-refractivity contribution in [2.45, 2.75) is 70.4 Å². The summed E-state index contributed by atoms with van der Waals surface area (Å²) < 4.78 is 0. The zero-order chi connectivity index (χ0) is 12.4. The third-order valence-corrected chi connectivity index (χ3v) is 5.74. The van der Waals surface area contributed by atoms with E-state index < -0.39 is 0 Å². The van der Waals surface area contributed by atoms with Crippen LogP contribution in [0.5, 0.6) is 0 Å². The van der Waals surface area contributed by atoms with Crippen molar-refractivity contribution >= 4 is 0 Å². The molecule has 0 spiro atoms. The van der Waals surface area contributed by atoms with Gasteiger partial charge in [0.15, 0.2) is 0 Å². The van der Waals surface area contributed by atoms with E-state index in [4.69, 9.17) is 0 Å². The number of nitrogens with zero attached hydrogens (tertiary/aromatic N) is 1. The fourth-order valence-corrected chi connectivity index (χ4v) is 4.41. The largest absolute Gasteiger partial charge is 0.314 e. The summed E-state index contributed by atoms with van der Waals surface area (Å²) in [5.41, 5.74) is 0. The monoisotopic (exact) mass is 250 g/mol. The maximum Gasteiger partial charge on any atom is 0.00967 e. The minimum absolute atomic E-state index is 0.860. The smallest absolute Gasteiger partial charge is 0.00967 e. The van der Waals surface area contributed by atoms with Crippen LogP contribution in [0.15, 0.2) is 0 Å². The Balaban J connectivity index is 1.44. The summed E-state index contributed by atoms with van der Waals surface area (Å²) in [6.07, 6.45) is 11.6. The van der Waals surface area contributed by atoms with Crippen LogP contribution >= 0.6 is 0 Å². The number of rotatable bonds is 2. The van der Waals surface area contributed by atoms with Gasteiger partial charge >= 0.3 is 0 Å². The molecule has 2 saturated heterocycles. The van der Waals surface area contributed by atoms with Crippen molar-refractivity contribution < 1.29 is 0 Å². The zero-order valence-electron chi connectivity index (χ0n) is 12.0. The van der Waals surface area contributed by atoms with Crippen LogP contribution in [-0.2, 0) is 0 Å². The van der Waals surface area contributed by atoms with Crippen molar-refractivity contribution in [3.63, 3.8) is 0 Å². The highest BCUT2D eigenvalue weighted by atomic mass is 15.2. The fraction of sp³-hybridized carbons (Fsp3) is 1.00. The topological polar surface area (TPSA) is 15.3 Å². The number of piperidine rings is 1. The van der Waals surface area contributed by atoms with Crippen LogP contribution in [0.1, 0.15) is 58.3 Å². The molecule has 0 aromatic heterocycles. The second kappa shape index (κ2) is 5.92. The first-order valence-electron chi connectivity index (χ1n) is 8.30. The maximum absolute atomic E-state index is 3.71. The van der Waals surface area contributed by atoms with Gasteiger partial charge in [-0.15, -0.1) is 0 Å². The van der Waals surface area contributed by atoms with Gasteiger partial charge in [0.25, 0.3) is 0 Å². The summed E-state index contributed by atoms with van der Waals surface area (Å²) in [5, 5.41) is 3.71. The predicted molar refractivity (Wildman–Crippen MR) is 76.7 cm³/mol. The first-order valence-corrected chi connectivity index (χ1v) is 8.30. The average Bonchev–Trinajstić information content (AvgIpc) is 2.94.